The summed E-state index contributed by atoms with van der Waals surface area (Å²) in [5.41, 5.74) is 1.13. The van der Waals surface area contributed by atoms with Gasteiger partial charge in [0.25, 0.3) is 0 Å². The van der Waals surface area contributed by atoms with Gasteiger partial charge in [0.05, 0.1) is 13.2 Å². The van der Waals surface area contributed by atoms with Crippen molar-refractivity contribution in [1.29, 1.82) is 0 Å². The fraction of sp³-hybridized carbons (Fsp3) is 0.556. The molecule has 0 spiro atoms. The molecule has 0 amide bonds. The molecule has 0 bridgehead atoms. The van der Waals surface area contributed by atoms with Crippen LogP contribution in [0.2, 0.25) is 0 Å². The summed E-state index contributed by atoms with van der Waals surface area (Å²) in [5.74, 6) is -1.47. The first-order valence-corrected chi connectivity index (χ1v) is 9.61. The summed E-state index contributed by atoms with van der Waals surface area (Å²) in [5, 5.41) is 18.0. The zero-order chi connectivity index (χ0) is 19.1. The van der Waals surface area contributed by atoms with E-state index in [0.717, 1.165) is 42.5 Å². The van der Waals surface area contributed by atoms with E-state index < -0.39 is 11.9 Å². The number of carbonyl (C=O) groups excluding carboxylic acids is 2. The third kappa shape index (κ3) is 4.69. The average Bonchev–Trinajstić information content (AvgIpc) is 2.77. The molecule has 8 heteroatoms. The van der Waals surface area contributed by atoms with Gasteiger partial charge in [0, 0.05) is 4.88 Å². The second-order valence-corrected chi connectivity index (χ2v) is 6.90. The van der Waals surface area contributed by atoms with Crippen molar-refractivity contribution in [2.24, 2.45) is 10.2 Å². The minimum absolute atomic E-state index is 0.159. The van der Waals surface area contributed by atoms with Crippen molar-refractivity contribution in [3.05, 3.63) is 27.5 Å². The first-order chi connectivity index (χ1) is 12.5. The van der Waals surface area contributed by atoms with E-state index in [9.17, 15) is 14.7 Å². The first-order valence-electron chi connectivity index (χ1n) is 8.79. The zero-order valence-electron chi connectivity index (χ0n) is 15.3. The highest BCUT2D eigenvalue weighted by Crippen LogP contribution is 2.40. The minimum Gasteiger partial charge on any atom is -0.510 e. The van der Waals surface area contributed by atoms with E-state index in [1.54, 1.807) is 13.8 Å². The highest BCUT2D eigenvalue weighted by atomic mass is 32.1. The summed E-state index contributed by atoms with van der Waals surface area (Å²) in [7, 11) is 0. The maximum Gasteiger partial charge on any atom is 0.362 e. The number of aliphatic hydroxyl groups is 1. The maximum absolute atomic E-state index is 12.5. The molecular weight excluding hydrogens is 356 g/mol. The number of nitrogens with zero attached hydrogens (tertiary/aromatic N) is 2. The number of hydrogen-bond acceptors (Lipinski definition) is 8. The molecule has 0 aliphatic heterocycles. The van der Waals surface area contributed by atoms with Gasteiger partial charge >= 0.3 is 11.9 Å². The molecule has 0 radical (unpaired) electrons. The molecule has 7 nitrogen and oxygen atoms in total. The summed E-state index contributed by atoms with van der Waals surface area (Å²) >= 11 is 1.39. The van der Waals surface area contributed by atoms with Crippen molar-refractivity contribution in [2.75, 3.05) is 13.2 Å². The zero-order valence-corrected chi connectivity index (χ0v) is 16.1. The number of azo groups is 1. The number of rotatable bonds is 6. The van der Waals surface area contributed by atoms with Gasteiger partial charge in [0.1, 0.15) is 11.3 Å². The van der Waals surface area contributed by atoms with E-state index >= 15 is 0 Å². The van der Waals surface area contributed by atoms with Crippen molar-refractivity contribution >= 4 is 28.3 Å². The van der Waals surface area contributed by atoms with Gasteiger partial charge in [-0.15, -0.1) is 21.6 Å². The number of hydrogen-bond donors (Lipinski definition) is 1. The molecule has 142 valence electrons. The number of aryl methyl sites for hydroxylation is 1. The number of fused-ring (bicyclic) bond motifs is 1. The minimum atomic E-state index is -0.757. The van der Waals surface area contributed by atoms with Crippen LogP contribution in [0.4, 0.5) is 5.00 Å². The van der Waals surface area contributed by atoms with Gasteiger partial charge in [-0.2, -0.15) is 0 Å². The smallest absolute Gasteiger partial charge is 0.362 e. The van der Waals surface area contributed by atoms with Crippen LogP contribution >= 0.6 is 11.3 Å². The quantitative estimate of drug-likeness (QED) is 0.255. The van der Waals surface area contributed by atoms with Crippen molar-refractivity contribution in [3.8, 4) is 0 Å². The Balaban J connectivity index is 2.43. The van der Waals surface area contributed by atoms with Gasteiger partial charge in [0.15, 0.2) is 5.00 Å². The lowest BCUT2D eigenvalue weighted by atomic mass is 10.1. The number of thiophene rings is 1. The second kappa shape index (κ2) is 9.47. The lowest BCUT2D eigenvalue weighted by Gasteiger charge is -2.05. The molecule has 1 aliphatic rings. The molecule has 0 aromatic carbocycles. The Morgan fingerprint density at radius 2 is 1.81 bits per heavy atom. The van der Waals surface area contributed by atoms with Crippen LogP contribution in [0, 0.1) is 0 Å². The van der Waals surface area contributed by atoms with Crippen molar-refractivity contribution in [1.82, 2.24) is 0 Å². The Morgan fingerprint density at radius 1 is 1.12 bits per heavy atom. The molecule has 0 saturated carbocycles. The number of allylic oxidation sites excluding steroid dienone is 1. The maximum atomic E-state index is 12.5. The standard InChI is InChI=1S/C18H24N2O5S/c1-4-24-17(22)14-12-9-7-6-8-10-13(12)26-16(14)20-19-15(11(3)21)18(23)25-5-2/h21H,4-10H2,1-3H3. The summed E-state index contributed by atoms with van der Waals surface area (Å²) in [6.45, 7) is 5.17. The van der Waals surface area contributed by atoms with E-state index in [1.807, 2.05) is 0 Å². The Hall–Kier alpha value is -2.22. The Kier molecular flexibility index (Phi) is 7.32. The van der Waals surface area contributed by atoms with Crippen molar-refractivity contribution in [3.63, 3.8) is 0 Å². The van der Waals surface area contributed by atoms with E-state index in [0.29, 0.717) is 10.6 Å². The highest BCUT2D eigenvalue weighted by molar-refractivity contribution is 7.16. The Labute approximate surface area is 156 Å². The predicted octanol–water partition coefficient (Wildman–Crippen LogP) is 4.63. The molecule has 0 saturated heterocycles. The van der Waals surface area contributed by atoms with E-state index in [4.69, 9.17) is 9.47 Å². The van der Waals surface area contributed by atoms with Gasteiger partial charge in [-0.25, -0.2) is 9.59 Å². The van der Waals surface area contributed by atoms with Gasteiger partial charge in [-0.1, -0.05) is 6.42 Å². The molecule has 2 rings (SSSR count). The van der Waals surface area contributed by atoms with Gasteiger partial charge in [-0.05, 0) is 52.0 Å². The average molecular weight is 380 g/mol. The normalized spacial score (nSPS) is 15.2. The van der Waals surface area contributed by atoms with Crippen LogP contribution < -0.4 is 0 Å². The number of ether oxygens (including phenoxy) is 2. The van der Waals surface area contributed by atoms with Crippen molar-refractivity contribution < 1.29 is 24.2 Å². The molecular formula is C18H24N2O5S. The predicted molar refractivity (Wildman–Crippen MR) is 98.0 cm³/mol. The highest BCUT2D eigenvalue weighted by Gasteiger charge is 2.26. The van der Waals surface area contributed by atoms with Gasteiger partial charge < -0.3 is 14.6 Å². The van der Waals surface area contributed by atoms with Crippen LogP contribution in [0.15, 0.2) is 21.7 Å². The molecule has 0 fully saturated rings. The molecule has 0 unspecified atom stereocenters. The fourth-order valence-electron chi connectivity index (χ4n) is 2.77. The molecule has 1 aromatic heterocycles. The Bertz CT molecular complexity index is 732. The van der Waals surface area contributed by atoms with Crippen LogP contribution in [-0.4, -0.2) is 30.3 Å². The van der Waals surface area contributed by atoms with E-state index in [1.165, 1.54) is 18.3 Å². The summed E-state index contributed by atoms with van der Waals surface area (Å²) < 4.78 is 10.1. The van der Waals surface area contributed by atoms with E-state index in [2.05, 4.69) is 10.2 Å². The number of aliphatic hydroxyl groups excluding tert-OH is 1. The lowest BCUT2D eigenvalue weighted by molar-refractivity contribution is -0.138. The van der Waals surface area contributed by atoms with Gasteiger partial charge in [0.2, 0.25) is 5.70 Å². The van der Waals surface area contributed by atoms with Crippen LogP contribution in [0.1, 0.15) is 60.8 Å². The number of esters is 2. The van der Waals surface area contributed by atoms with Crippen molar-refractivity contribution in [2.45, 2.75) is 52.9 Å². The van der Waals surface area contributed by atoms with Crippen LogP contribution in [0.5, 0.6) is 0 Å². The molecule has 1 aliphatic carbocycles. The number of carbonyl (C=O) groups is 2. The lowest BCUT2D eigenvalue weighted by Crippen LogP contribution is -2.08. The largest absolute Gasteiger partial charge is 0.510 e. The monoisotopic (exact) mass is 380 g/mol. The third-order valence-electron chi connectivity index (χ3n) is 3.93. The molecule has 0 atom stereocenters. The first kappa shape index (κ1) is 20.1. The Morgan fingerprint density at radius 3 is 2.46 bits per heavy atom. The van der Waals surface area contributed by atoms with Crippen LogP contribution in [0.3, 0.4) is 0 Å². The molecule has 1 N–H and O–H groups in total. The second-order valence-electron chi connectivity index (χ2n) is 5.82. The molecule has 26 heavy (non-hydrogen) atoms. The van der Waals surface area contributed by atoms with Crippen LogP contribution in [-0.2, 0) is 27.1 Å². The van der Waals surface area contributed by atoms with E-state index in [-0.39, 0.29) is 24.7 Å². The summed E-state index contributed by atoms with van der Waals surface area (Å²) in [6.07, 6.45) is 4.89. The summed E-state index contributed by atoms with van der Waals surface area (Å²) in [4.78, 5) is 25.5. The SMILES string of the molecule is CCOC(=O)C(N=Nc1sc2c(c1C(=O)OCC)CCCCC2)=C(C)O. The van der Waals surface area contributed by atoms with Crippen LogP contribution in [0.25, 0.3) is 0 Å². The fourth-order valence-corrected chi connectivity index (χ4v) is 3.97. The molecule has 1 aromatic rings. The molecule has 1 heterocycles. The summed E-state index contributed by atoms with van der Waals surface area (Å²) in [6, 6.07) is 0. The van der Waals surface area contributed by atoms with Gasteiger partial charge in [-0.3, -0.25) is 0 Å². The topological polar surface area (TPSA) is 97.6 Å². The third-order valence-corrected chi connectivity index (χ3v) is 5.11.